The van der Waals surface area contributed by atoms with Gasteiger partial charge in [-0.1, -0.05) is 26.0 Å². The van der Waals surface area contributed by atoms with Crippen molar-refractivity contribution in [2.24, 2.45) is 0 Å². The van der Waals surface area contributed by atoms with Gasteiger partial charge >= 0.3 is 0 Å². The highest BCUT2D eigenvalue weighted by Gasteiger charge is 2.45. The fourth-order valence-corrected chi connectivity index (χ4v) is 3.15. The fraction of sp³-hybridized carbons (Fsp3) is 0.438. The normalized spacial score (nSPS) is 24.7. The van der Waals surface area contributed by atoms with E-state index in [1.807, 2.05) is 19.9 Å². The van der Waals surface area contributed by atoms with Crippen LogP contribution in [0.25, 0.3) is 0 Å². The first-order valence-electron chi connectivity index (χ1n) is 7.40. The first-order chi connectivity index (χ1) is 10.4. The van der Waals surface area contributed by atoms with E-state index in [9.17, 15) is 19.5 Å². The third kappa shape index (κ3) is 2.11. The number of amides is 3. The highest BCUT2D eigenvalue weighted by atomic mass is 16.3. The topological polar surface area (TPSA) is 86.7 Å². The zero-order chi connectivity index (χ0) is 16.0. The molecule has 2 aliphatic rings. The van der Waals surface area contributed by atoms with E-state index < -0.39 is 18.2 Å². The van der Waals surface area contributed by atoms with E-state index in [-0.39, 0.29) is 30.6 Å². The second-order valence-electron chi connectivity index (χ2n) is 6.02. The Bertz CT molecular complexity index is 668. The molecule has 1 fully saturated rings. The Balaban J connectivity index is 2.00. The quantitative estimate of drug-likeness (QED) is 0.798. The van der Waals surface area contributed by atoms with E-state index in [1.165, 1.54) is 0 Å². The first-order valence-corrected chi connectivity index (χ1v) is 7.40. The lowest BCUT2D eigenvalue weighted by molar-refractivity contribution is -0.129. The number of imide groups is 1. The van der Waals surface area contributed by atoms with Crippen molar-refractivity contribution in [3.63, 3.8) is 0 Å². The summed E-state index contributed by atoms with van der Waals surface area (Å²) in [6, 6.07) is 4.53. The number of benzene rings is 1. The van der Waals surface area contributed by atoms with Gasteiger partial charge in [0.25, 0.3) is 11.8 Å². The maximum Gasteiger partial charge on any atom is 0.262 e. The fourth-order valence-electron chi connectivity index (χ4n) is 3.15. The molecule has 0 bridgehead atoms. The molecule has 3 rings (SSSR count). The molecule has 0 aliphatic carbocycles. The summed E-state index contributed by atoms with van der Waals surface area (Å²) in [4.78, 5) is 37.7. The number of nitrogens with zero attached hydrogens (tertiary/aromatic N) is 1. The van der Waals surface area contributed by atoms with E-state index in [2.05, 4.69) is 5.32 Å². The Morgan fingerprint density at radius 2 is 1.95 bits per heavy atom. The van der Waals surface area contributed by atoms with Crippen LogP contribution < -0.4 is 5.32 Å². The number of carbonyl (C=O) groups excluding carboxylic acids is 3. The lowest BCUT2D eigenvalue weighted by Crippen LogP contribution is -2.57. The van der Waals surface area contributed by atoms with E-state index in [0.717, 1.165) is 10.5 Å². The molecule has 1 saturated heterocycles. The second kappa shape index (κ2) is 5.21. The lowest BCUT2D eigenvalue weighted by atomic mass is 9.94. The van der Waals surface area contributed by atoms with Crippen molar-refractivity contribution in [2.45, 2.75) is 44.9 Å². The van der Waals surface area contributed by atoms with Crippen LogP contribution in [-0.2, 0) is 4.79 Å². The summed E-state index contributed by atoms with van der Waals surface area (Å²) in [6.07, 6.45) is -0.757. The van der Waals surface area contributed by atoms with E-state index in [0.29, 0.717) is 11.1 Å². The van der Waals surface area contributed by atoms with Gasteiger partial charge in [-0.05, 0) is 24.0 Å². The van der Waals surface area contributed by atoms with Crippen molar-refractivity contribution in [3.05, 3.63) is 34.9 Å². The molecule has 116 valence electrons. The molecule has 1 aromatic rings. The number of nitrogens with one attached hydrogen (secondary N) is 1. The third-order valence-electron chi connectivity index (χ3n) is 4.27. The molecule has 2 N–H and O–H groups in total. The van der Waals surface area contributed by atoms with Gasteiger partial charge in [0.15, 0.2) is 0 Å². The summed E-state index contributed by atoms with van der Waals surface area (Å²) in [5, 5.41) is 12.4. The minimum absolute atomic E-state index is 0.114. The minimum Gasteiger partial charge on any atom is -0.372 e. The van der Waals surface area contributed by atoms with E-state index >= 15 is 0 Å². The number of hydrogen-bond acceptors (Lipinski definition) is 4. The Hall–Kier alpha value is -2.21. The molecule has 2 unspecified atom stereocenters. The smallest absolute Gasteiger partial charge is 0.262 e. The van der Waals surface area contributed by atoms with Crippen LogP contribution in [0.4, 0.5) is 0 Å². The number of fused-ring (bicyclic) bond motifs is 1. The van der Waals surface area contributed by atoms with Crippen LogP contribution in [0, 0.1) is 0 Å². The van der Waals surface area contributed by atoms with Gasteiger partial charge in [0.05, 0.1) is 17.2 Å². The van der Waals surface area contributed by atoms with Crippen LogP contribution in [-0.4, -0.2) is 40.0 Å². The van der Waals surface area contributed by atoms with Gasteiger partial charge in [-0.3, -0.25) is 19.3 Å². The van der Waals surface area contributed by atoms with Crippen LogP contribution in [0.15, 0.2) is 18.2 Å². The van der Waals surface area contributed by atoms with Gasteiger partial charge < -0.3 is 10.4 Å². The number of hydrogen-bond donors (Lipinski definition) is 2. The second-order valence-corrected chi connectivity index (χ2v) is 6.02. The number of aliphatic hydroxyl groups is 1. The highest BCUT2D eigenvalue weighted by Crippen LogP contribution is 2.33. The molecule has 3 amide bonds. The summed E-state index contributed by atoms with van der Waals surface area (Å²) in [5.41, 5.74) is 1.62. The molecule has 0 aromatic heterocycles. The predicted octanol–water partition coefficient (Wildman–Crippen LogP) is 1.00. The van der Waals surface area contributed by atoms with Gasteiger partial charge in [-0.25, -0.2) is 0 Å². The number of rotatable bonds is 2. The number of carbonyl (C=O) groups is 3. The summed E-state index contributed by atoms with van der Waals surface area (Å²) < 4.78 is 0. The number of piperidine rings is 1. The molecule has 6 heteroatoms. The summed E-state index contributed by atoms with van der Waals surface area (Å²) in [5.74, 6) is -0.946. The third-order valence-corrected chi connectivity index (χ3v) is 4.27. The molecule has 2 atom stereocenters. The largest absolute Gasteiger partial charge is 0.372 e. The summed E-state index contributed by atoms with van der Waals surface area (Å²) in [6.45, 7) is 3.93. The standard InChI is InChI=1S/C16H18N2O4/c1-8(2)9-4-3-5-10-13(9)16(22)18(15(10)21)11-6-7-12(19)17-14(11)20/h3-5,8,11,14,20H,6-7H2,1-2H3,(H,17,19). The van der Waals surface area contributed by atoms with E-state index in [4.69, 9.17) is 0 Å². The Kier molecular flexibility index (Phi) is 3.48. The van der Waals surface area contributed by atoms with Crippen molar-refractivity contribution in [1.82, 2.24) is 10.2 Å². The van der Waals surface area contributed by atoms with Gasteiger partial charge in [0, 0.05) is 6.42 Å². The molecule has 2 aliphatic heterocycles. The van der Waals surface area contributed by atoms with Gasteiger partial charge in [-0.15, -0.1) is 0 Å². The maximum atomic E-state index is 12.7. The van der Waals surface area contributed by atoms with Gasteiger partial charge in [0.1, 0.15) is 6.23 Å². The van der Waals surface area contributed by atoms with Crippen LogP contribution in [0.5, 0.6) is 0 Å². The Morgan fingerprint density at radius 1 is 1.23 bits per heavy atom. The van der Waals surface area contributed by atoms with Gasteiger partial charge in [0.2, 0.25) is 5.91 Å². The van der Waals surface area contributed by atoms with Crippen molar-refractivity contribution in [1.29, 1.82) is 0 Å². The van der Waals surface area contributed by atoms with Crippen molar-refractivity contribution in [2.75, 3.05) is 0 Å². The average Bonchev–Trinajstić information content (AvgIpc) is 2.72. The Labute approximate surface area is 128 Å². The van der Waals surface area contributed by atoms with Crippen molar-refractivity contribution in [3.8, 4) is 0 Å². The molecule has 0 spiro atoms. The summed E-state index contributed by atoms with van der Waals surface area (Å²) in [7, 11) is 0. The first kappa shape index (κ1) is 14.7. The lowest BCUT2D eigenvalue weighted by Gasteiger charge is -2.33. The molecule has 2 heterocycles. The van der Waals surface area contributed by atoms with Crippen LogP contribution in [0.3, 0.4) is 0 Å². The predicted molar refractivity (Wildman–Crippen MR) is 78.2 cm³/mol. The minimum atomic E-state index is -1.22. The SMILES string of the molecule is CC(C)c1cccc2c1C(=O)N(C1CCC(=O)NC1O)C2=O. The molecule has 0 radical (unpaired) electrons. The molecular weight excluding hydrogens is 284 g/mol. The molecule has 6 nitrogen and oxygen atoms in total. The summed E-state index contributed by atoms with van der Waals surface area (Å²) >= 11 is 0. The molecular formula is C16H18N2O4. The van der Waals surface area contributed by atoms with Gasteiger partial charge in [-0.2, -0.15) is 0 Å². The average molecular weight is 302 g/mol. The van der Waals surface area contributed by atoms with Crippen molar-refractivity contribution < 1.29 is 19.5 Å². The molecule has 0 saturated carbocycles. The Morgan fingerprint density at radius 3 is 2.59 bits per heavy atom. The van der Waals surface area contributed by atoms with Crippen LogP contribution >= 0.6 is 0 Å². The highest BCUT2D eigenvalue weighted by molar-refractivity contribution is 6.22. The monoisotopic (exact) mass is 302 g/mol. The van der Waals surface area contributed by atoms with Crippen LogP contribution in [0.2, 0.25) is 0 Å². The zero-order valence-electron chi connectivity index (χ0n) is 12.5. The molecule has 1 aromatic carbocycles. The number of aliphatic hydroxyl groups excluding tert-OH is 1. The van der Waals surface area contributed by atoms with E-state index in [1.54, 1.807) is 12.1 Å². The van der Waals surface area contributed by atoms with Crippen LogP contribution in [0.1, 0.15) is 58.9 Å². The molecule has 22 heavy (non-hydrogen) atoms. The maximum absolute atomic E-state index is 12.7. The zero-order valence-corrected chi connectivity index (χ0v) is 12.5. The van der Waals surface area contributed by atoms with Crippen molar-refractivity contribution >= 4 is 17.7 Å².